The van der Waals surface area contributed by atoms with Crippen LogP contribution >= 0.6 is 0 Å². The predicted octanol–water partition coefficient (Wildman–Crippen LogP) is 24.8. The van der Waals surface area contributed by atoms with Crippen molar-refractivity contribution in [1.82, 2.24) is 0 Å². The van der Waals surface area contributed by atoms with E-state index >= 15 is 0 Å². The van der Waals surface area contributed by atoms with Crippen LogP contribution in [0.2, 0.25) is 0 Å². The van der Waals surface area contributed by atoms with Crippen LogP contribution < -0.4 is 24.8 Å². The molecule has 0 aliphatic rings. The van der Waals surface area contributed by atoms with E-state index in [4.69, 9.17) is 0 Å². The first-order valence-electron chi connectivity index (χ1n) is 0. The van der Waals surface area contributed by atoms with E-state index < -0.39 is 0 Å². The quantitative estimate of drug-likeness (QED) is 0.213. The van der Waals surface area contributed by atoms with Crippen molar-refractivity contribution in [3.8, 4) is 0 Å². The van der Waals surface area contributed by atoms with E-state index in [1.54, 1.807) is 0 Å². The Balaban J connectivity index is 0. The maximum atomic E-state index is 0. The van der Waals surface area contributed by atoms with Crippen LogP contribution in [0.4, 0.5) is 0 Å². The number of hydrogen-bond acceptors (Lipinski definition) is 0. The van der Waals surface area contributed by atoms with Gasteiger partial charge in [-0.05, 0) is 0 Å². The summed E-state index contributed by atoms with van der Waals surface area (Å²) in [5.74, 6) is 0. The van der Waals surface area contributed by atoms with Crippen molar-refractivity contribution in [3.05, 3.63) is 0 Å². The third-order valence-electron chi connectivity index (χ3n) is 0. The maximum absolute atomic E-state index is 0. The van der Waals surface area contributed by atoms with Gasteiger partial charge < -0.3 is 24.8 Å². The van der Waals surface area contributed by atoms with Gasteiger partial charge in [-0.1, -0.05) is 364 Å². The molecule has 0 N–H and O–H groups in total. The van der Waals surface area contributed by atoms with Gasteiger partial charge in [0, 0.05) is 0 Å². The second-order valence-electron chi connectivity index (χ2n) is 0. The molecule has 0 bridgehead atoms. The van der Waals surface area contributed by atoms with Gasteiger partial charge >= 0.3 is 37.7 Å². The van der Waals surface area contributed by atoms with Crippen molar-refractivity contribution in [3.63, 3.8) is 0 Å². The van der Waals surface area contributed by atoms with Crippen LogP contribution in [0.3, 0.4) is 0 Å². The topological polar surface area (TPSA) is 0 Å². The molecule has 0 amide bonds. The van der Waals surface area contributed by atoms with Crippen molar-refractivity contribution in [1.29, 1.82) is 0 Å². The van der Waals surface area contributed by atoms with Crippen LogP contribution in [0.15, 0.2) is 0 Å². The first-order valence-corrected chi connectivity index (χ1v) is 0. The first kappa shape index (κ1) is 44400. The van der Waals surface area contributed by atoms with Crippen LogP contribution in [0, 0.1) is 0 Å². The second kappa shape index (κ2) is 42000. The van der Waals surface area contributed by atoms with Crippen molar-refractivity contribution >= 4 is 37.7 Å². The minimum Gasteiger partial charge on any atom is -1.00 e. The molecule has 0 aliphatic heterocycles. The molecule has 0 aromatic carbocycles. The third kappa shape index (κ3) is 39600. The van der Waals surface area contributed by atoms with E-state index in [0.717, 1.165) is 0 Å². The van der Waals surface area contributed by atoms with Crippen molar-refractivity contribution < 1.29 is 24.8 Å². The van der Waals surface area contributed by atoms with Gasteiger partial charge in [-0.25, -0.2) is 0 Å². The summed E-state index contributed by atoms with van der Waals surface area (Å²) in [4.78, 5) is 0. The Labute approximate surface area is 423 Å². The predicted molar refractivity (Wildman–Crippen MR) is 336 cm³/mol. The zero-order valence-electron chi connectivity index (χ0n) is 1.46. The average molecular weight is 897 g/mol. The van der Waals surface area contributed by atoms with Crippen LogP contribution in [0.1, 0.15) is 364 Å². The molecule has 3 heteroatoms. The fraction of sp³-hybridized carbons (Fsp3) is 1.00. The van der Waals surface area contributed by atoms with E-state index in [-0.39, 0.29) is 426 Å². The van der Waals surface area contributed by atoms with Crippen LogP contribution in [-0.2, 0) is 0 Å². The van der Waals surface area contributed by atoms with Gasteiger partial charge in [0.25, 0.3) is 0 Å². The summed E-state index contributed by atoms with van der Waals surface area (Å²) in [6.45, 7) is 0. The maximum Gasteiger partial charge on any atom is 2.00 e. The molecule has 0 heterocycles. The summed E-state index contributed by atoms with van der Waals surface area (Å²) in [6.07, 6.45) is 0. The van der Waals surface area contributed by atoms with Crippen LogP contribution in [-0.4, -0.2) is 37.7 Å². The Bertz CT molecular complexity index is 19.3. The molecule has 0 radical (unpaired) electrons. The normalized spacial score (nSPS) is 0. The molecule has 0 aromatic heterocycles. The Morgan fingerprint density at radius 1 is 0.0577 bits per heavy atom. The summed E-state index contributed by atoms with van der Waals surface area (Å²) in [5.41, 5.74) is 0. The monoisotopic (exact) mass is 895 g/mol. The van der Waals surface area contributed by atoms with E-state index in [0.29, 0.717) is 0 Å². The molecule has 0 saturated carbocycles. The molecule has 0 nitrogen and oxygen atoms in total. The van der Waals surface area contributed by atoms with Crippen LogP contribution in [0.25, 0.3) is 0 Å². The Hall–Kier alpha value is 1.84. The molecule has 0 fully saturated rings. The van der Waals surface area contributed by atoms with Gasteiger partial charge in [0.15, 0.2) is 0 Å². The SMILES string of the molecule is C.C.C.C.C.C.C.C.C.C.C.C.C.C.C.C.C.C.C.C.C.C.C.C.C.C.C.C.C.C.C.C.C.C.C.C.C.C.C.C.C.C.C.C.C.C.C.C.C.[Ca+2].[Cl-].[Cl-]. The van der Waals surface area contributed by atoms with Crippen molar-refractivity contribution in [2.75, 3.05) is 0 Å². The van der Waals surface area contributed by atoms with Crippen molar-refractivity contribution in [2.45, 2.75) is 364 Å². The van der Waals surface area contributed by atoms with E-state index in [1.165, 1.54) is 0 Å². The fourth-order valence-electron chi connectivity index (χ4n) is 0. The molecular formula is C49H196CaCl2. The molecule has 0 rings (SSSR count). The van der Waals surface area contributed by atoms with Gasteiger partial charge in [-0.2, -0.15) is 0 Å². The first-order chi connectivity index (χ1) is 0. The van der Waals surface area contributed by atoms with E-state index in [9.17, 15) is 0 Å². The number of rotatable bonds is 0. The van der Waals surface area contributed by atoms with Crippen LogP contribution in [0.5, 0.6) is 0 Å². The third-order valence-corrected chi connectivity index (χ3v) is 0. The molecule has 52 heavy (non-hydrogen) atoms. The molecule has 0 aliphatic carbocycles. The average Bonchev–Trinajstić information content (AvgIpc) is 0. The summed E-state index contributed by atoms with van der Waals surface area (Å²) < 4.78 is 0. The minimum absolute atomic E-state index is 0. The number of hydrogen-bond donors (Lipinski definition) is 0. The largest absolute Gasteiger partial charge is 2.00 e. The summed E-state index contributed by atoms with van der Waals surface area (Å²) in [5, 5.41) is 0. The molecule has 0 unspecified atom stereocenters. The van der Waals surface area contributed by atoms with Gasteiger partial charge in [-0.3, -0.25) is 0 Å². The molecule has 0 saturated heterocycles. The molecule has 0 aromatic rings. The summed E-state index contributed by atoms with van der Waals surface area (Å²) in [6, 6.07) is 0. The summed E-state index contributed by atoms with van der Waals surface area (Å²) >= 11 is 0. The Kier molecular flexibility index (Phi) is 35800000. The van der Waals surface area contributed by atoms with Gasteiger partial charge in [0.1, 0.15) is 0 Å². The Morgan fingerprint density at radius 2 is 0.0577 bits per heavy atom. The van der Waals surface area contributed by atoms with E-state index in [2.05, 4.69) is 0 Å². The van der Waals surface area contributed by atoms with E-state index in [1.807, 2.05) is 0 Å². The molecule has 408 valence electrons. The van der Waals surface area contributed by atoms with Gasteiger partial charge in [-0.15, -0.1) is 0 Å². The van der Waals surface area contributed by atoms with Crippen molar-refractivity contribution in [2.24, 2.45) is 0 Å². The standard InChI is InChI=1S/49CH4.Ca.2ClH/h49*1H4;;2*1H/q;;;;;;;;;;;;;;;;;;;;;;;;;;;;;;;;;;;;;;;;;;;;;;;;;+2;;/p-2. The number of halogens is 2. The second-order valence-corrected chi connectivity index (χ2v) is 0. The van der Waals surface area contributed by atoms with Gasteiger partial charge in [0.05, 0.1) is 0 Å². The fourth-order valence-corrected chi connectivity index (χ4v) is 0. The summed E-state index contributed by atoms with van der Waals surface area (Å²) in [7, 11) is 0. The zero-order valence-corrected chi connectivity index (χ0v) is 5.18. The minimum atomic E-state index is 0. The Morgan fingerprint density at radius 3 is 0.0577 bits per heavy atom. The molecular weight excluding hydrogens is 700 g/mol. The molecule has 0 atom stereocenters. The zero-order chi connectivity index (χ0) is 0. The molecule has 0 spiro atoms. The van der Waals surface area contributed by atoms with Gasteiger partial charge in [0.2, 0.25) is 0 Å². The smallest absolute Gasteiger partial charge is 1.00 e.